The van der Waals surface area contributed by atoms with Crippen molar-refractivity contribution in [3.63, 3.8) is 0 Å². The molecule has 4 heteroatoms. The van der Waals surface area contributed by atoms with Gasteiger partial charge in [-0.15, -0.1) is 0 Å². The Morgan fingerprint density at radius 1 is 1.67 bits per heavy atom. The van der Waals surface area contributed by atoms with E-state index in [1.165, 1.54) is 19.3 Å². The van der Waals surface area contributed by atoms with Crippen LogP contribution in [0.25, 0.3) is 0 Å². The summed E-state index contributed by atoms with van der Waals surface area (Å²) in [5.41, 5.74) is -0.926. The van der Waals surface area contributed by atoms with E-state index in [9.17, 15) is 9.90 Å². The number of aliphatic hydroxyl groups is 1. The van der Waals surface area contributed by atoms with Crippen molar-refractivity contribution < 1.29 is 19.7 Å². The zero-order valence-electron chi connectivity index (χ0n) is 6.87. The van der Waals surface area contributed by atoms with E-state index in [4.69, 9.17) is 9.84 Å². The van der Waals surface area contributed by atoms with Gasteiger partial charge in [0.1, 0.15) is 11.4 Å². The van der Waals surface area contributed by atoms with E-state index in [0.717, 1.165) is 0 Å². The summed E-state index contributed by atoms with van der Waals surface area (Å²) in [6.45, 7) is 1.59. The Labute approximate surface area is 69.8 Å². The van der Waals surface area contributed by atoms with Crippen LogP contribution in [0.5, 0.6) is 0 Å². The van der Waals surface area contributed by atoms with Crippen molar-refractivity contribution in [1.29, 1.82) is 0 Å². The Morgan fingerprint density at radius 3 is 2.50 bits per heavy atom. The Hall–Kier alpha value is -1.29. The Kier molecular flexibility index (Phi) is 1.94. The molecule has 1 rings (SSSR count). The molecule has 66 valence electrons. The zero-order valence-corrected chi connectivity index (χ0v) is 6.87. The van der Waals surface area contributed by atoms with Crippen molar-refractivity contribution in [2.45, 2.75) is 12.5 Å². The Balaban J connectivity index is 3.01. The predicted octanol–water partition coefficient (Wildman–Crippen LogP) is 0.858. The fourth-order valence-corrected chi connectivity index (χ4v) is 0.990. The minimum absolute atomic E-state index is 0.0526. The number of ether oxygens (including phenoxy) is 1. The third-order valence-corrected chi connectivity index (χ3v) is 1.90. The second kappa shape index (κ2) is 2.64. The number of carboxylic acid groups (broad SMARTS) is 1. The van der Waals surface area contributed by atoms with Crippen LogP contribution >= 0.6 is 0 Å². The lowest BCUT2D eigenvalue weighted by atomic mass is 10.1. The lowest BCUT2D eigenvalue weighted by Crippen LogP contribution is -2.24. The molecule has 4 nitrogen and oxygen atoms in total. The van der Waals surface area contributed by atoms with E-state index in [2.05, 4.69) is 0 Å². The molecule has 0 amide bonds. The second-order valence-corrected chi connectivity index (χ2v) is 2.75. The van der Waals surface area contributed by atoms with Gasteiger partial charge in [-0.25, -0.2) is 4.79 Å². The molecule has 0 aromatic heterocycles. The maximum Gasteiger partial charge on any atom is 0.335 e. The number of rotatable bonds is 2. The van der Waals surface area contributed by atoms with Crippen LogP contribution in [0.2, 0.25) is 0 Å². The van der Waals surface area contributed by atoms with Crippen LogP contribution in [-0.2, 0) is 9.53 Å². The van der Waals surface area contributed by atoms with Crippen molar-refractivity contribution in [3.8, 4) is 0 Å². The highest BCUT2D eigenvalue weighted by Crippen LogP contribution is 2.29. The Bertz CT molecular complexity index is 277. The van der Waals surface area contributed by atoms with Gasteiger partial charge in [-0.1, -0.05) is 0 Å². The van der Waals surface area contributed by atoms with Crippen molar-refractivity contribution in [3.05, 3.63) is 23.5 Å². The topological polar surface area (TPSA) is 66.8 Å². The predicted molar refractivity (Wildman–Crippen MR) is 41.8 cm³/mol. The molecule has 0 aromatic rings. The summed E-state index contributed by atoms with van der Waals surface area (Å²) in [6.07, 6.45) is 2.55. The standard InChI is InChI=1S/C8H10O4/c1-8(12-2)4-5(7(10)11)3-6(8)9/h3-4,9H,1-2H3,(H,10,11). The van der Waals surface area contributed by atoms with Crippen molar-refractivity contribution in [1.82, 2.24) is 0 Å². The Morgan fingerprint density at radius 2 is 2.25 bits per heavy atom. The molecular formula is C8H10O4. The van der Waals surface area contributed by atoms with Crippen LogP contribution in [0.4, 0.5) is 0 Å². The lowest BCUT2D eigenvalue weighted by molar-refractivity contribution is -0.132. The first-order valence-electron chi connectivity index (χ1n) is 3.42. The van der Waals surface area contributed by atoms with E-state index in [0.29, 0.717) is 0 Å². The van der Waals surface area contributed by atoms with Gasteiger partial charge in [0.2, 0.25) is 0 Å². The average molecular weight is 170 g/mol. The summed E-state index contributed by atoms with van der Waals surface area (Å²) in [6, 6.07) is 0. The number of hydrogen-bond donors (Lipinski definition) is 2. The zero-order chi connectivity index (χ0) is 9.35. The largest absolute Gasteiger partial charge is 0.509 e. The third kappa shape index (κ3) is 1.21. The average Bonchev–Trinajstić information content (AvgIpc) is 2.30. The van der Waals surface area contributed by atoms with Crippen molar-refractivity contribution in [2.24, 2.45) is 0 Å². The summed E-state index contributed by atoms with van der Waals surface area (Å²) in [5, 5.41) is 17.9. The smallest absolute Gasteiger partial charge is 0.335 e. The lowest BCUT2D eigenvalue weighted by Gasteiger charge is -2.19. The molecule has 0 saturated heterocycles. The molecule has 0 aliphatic heterocycles. The number of carbonyl (C=O) groups is 1. The molecule has 1 aliphatic rings. The summed E-state index contributed by atoms with van der Waals surface area (Å²) >= 11 is 0. The van der Waals surface area contributed by atoms with E-state index < -0.39 is 11.6 Å². The van der Waals surface area contributed by atoms with Gasteiger partial charge in [0.05, 0.1) is 5.57 Å². The molecule has 0 heterocycles. The highest BCUT2D eigenvalue weighted by Gasteiger charge is 2.33. The van der Waals surface area contributed by atoms with Crippen LogP contribution < -0.4 is 0 Å². The van der Waals surface area contributed by atoms with Crippen molar-refractivity contribution in [2.75, 3.05) is 7.11 Å². The van der Waals surface area contributed by atoms with E-state index >= 15 is 0 Å². The first kappa shape index (κ1) is 8.80. The maximum atomic E-state index is 10.5. The van der Waals surface area contributed by atoms with Gasteiger partial charge < -0.3 is 14.9 Å². The van der Waals surface area contributed by atoms with Crippen LogP contribution in [0, 0.1) is 0 Å². The first-order chi connectivity index (χ1) is 5.49. The third-order valence-electron chi connectivity index (χ3n) is 1.90. The number of carboxylic acids is 1. The number of aliphatic carboxylic acids is 1. The molecule has 2 N–H and O–H groups in total. The fraction of sp³-hybridized carbons (Fsp3) is 0.375. The highest BCUT2D eigenvalue weighted by atomic mass is 16.5. The van der Waals surface area contributed by atoms with Crippen LogP contribution in [0.1, 0.15) is 6.92 Å². The summed E-state index contributed by atoms with van der Waals surface area (Å²) < 4.78 is 4.93. The second-order valence-electron chi connectivity index (χ2n) is 2.75. The molecular weight excluding hydrogens is 160 g/mol. The van der Waals surface area contributed by atoms with E-state index in [1.54, 1.807) is 6.92 Å². The summed E-state index contributed by atoms with van der Waals surface area (Å²) in [5.74, 6) is -1.15. The monoisotopic (exact) mass is 170 g/mol. The quantitative estimate of drug-likeness (QED) is 0.645. The minimum Gasteiger partial charge on any atom is -0.509 e. The van der Waals surface area contributed by atoms with Gasteiger partial charge in [0.15, 0.2) is 0 Å². The molecule has 0 saturated carbocycles. The molecule has 1 unspecified atom stereocenters. The molecule has 1 aliphatic carbocycles. The van der Waals surface area contributed by atoms with E-state index in [-0.39, 0.29) is 11.3 Å². The van der Waals surface area contributed by atoms with Crippen LogP contribution in [0.3, 0.4) is 0 Å². The van der Waals surface area contributed by atoms with Gasteiger partial charge in [0.25, 0.3) is 0 Å². The van der Waals surface area contributed by atoms with Crippen LogP contribution in [-0.4, -0.2) is 28.9 Å². The van der Waals surface area contributed by atoms with Gasteiger partial charge >= 0.3 is 5.97 Å². The molecule has 0 spiro atoms. The molecule has 1 atom stereocenters. The molecule has 12 heavy (non-hydrogen) atoms. The normalized spacial score (nSPS) is 28.2. The number of methoxy groups -OCH3 is 1. The van der Waals surface area contributed by atoms with Gasteiger partial charge in [-0.2, -0.15) is 0 Å². The van der Waals surface area contributed by atoms with Gasteiger partial charge in [-0.05, 0) is 19.1 Å². The maximum absolute atomic E-state index is 10.5. The molecule has 0 radical (unpaired) electrons. The SMILES string of the molecule is COC1(C)C=C(C(=O)O)C=C1O. The molecule has 0 fully saturated rings. The minimum atomic E-state index is -1.07. The fourth-order valence-electron chi connectivity index (χ4n) is 0.990. The number of hydrogen-bond acceptors (Lipinski definition) is 3. The van der Waals surface area contributed by atoms with Crippen LogP contribution in [0.15, 0.2) is 23.5 Å². The van der Waals surface area contributed by atoms with Crippen molar-refractivity contribution >= 4 is 5.97 Å². The highest BCUT2D eigenvalue weighted by molar-refractivity contribution is 5.91. The molecule has 0 aromatic carbocycles. The van der Waals surface area contributed by atoms with Gasteiger partial charge in [-0.3, -0.25) is 0 Å². The first-order valence-corrected chi connectivity index (χ1v) is 3.42. The number of aliphatic hydroxyl groups excluding tert-OH is 1. The van der Waals surface area contributed by atoms with E-state index in [1.807, 2.05) is 0 Å². The summed E-state index contributed by atoms with van der Waals surface area (Å²) in [4.78, 5) is 10.5. The van der Waals surface area contributed by atoms with Gasteiger partial charge in [0, 0.05) is 7.11 Å². The molecule has 0 bridgehead atoms. The summed E-state index contributed by atoms with van der Waals surface area (Å²) in [7, 11) is 1.41.